The molecule has 7 nitrogen and oxygen atoms in total. The number of fused-ring (bicyclic) bond motifs is 2. The summed E-state index contributed by atoms with van der Waals surface area (Å²) in [6.07, 6.45) is 4.57. The second kappa shape index (κ2) is 7.85. The molecule has 0 bridgehead atoms. The molecular weight excluding hydrogens is 409 g/mol. The number of hydrogen-bond donors (Lipinski definition) is 0. The summed E-state index contributed by atoms with van der Waals surface area (Å²) in [5, 5.41) is 4.84. The summed E-state index contributed by atoms with van der Waals surface area (Å²) in [5.41, 5.74) is 4.64. The van der Waals surface area contributed by atoms with Crippen LogP contribution in [0.4, 0.5) is 10.2 Å². The summed E-state index contributed by atoms with van der Waals surface area (Å²) in [6.45, 7) is 3.54. The summed E-state index contributed by atoms with van der Waals surface area (Å²) in [4.78, 5) is 21.9. The SMILES string of the molecule is O=C(C1CCCO1)N1CCN(c2c3c(nc4cc(-c5cccc(F)c5)nn24)CCC3)CC1. The molecule has 2 aliphatic heterocycles. The van der Waals surface area contributed by atoms with Gasteiger partial charge >= 0.3 is 0 Å². The number of nitrogens with zero attached hydrogens (tertiary/aromatic N) is 5. The normalized spacial score (nSPS) is 20.8. The number of aromatic nitrogens is 3. The van der Waals surface area contributed by atoms with Crippen LogP contribution >= 0.6 is 0 Å². The van der Waals surface area contributed by atoms with Gasteiger partial charge < -0.3 is 14.5 Å². The van der Waals surface area contributed by atoms with Crippen LogP contribution in [0.3, 0.4) is 0 Å². The van der Waals surface area contributed by atoms with Crippen molar-refractivity contribution in [2.24, 2.45) is 0 Å². The molecular formula is C24H26FN5O2. The number of rotatable bonds is 3. The summed E-state index contributed by atoms with van der Waals surface area (Å²) in [7, 11) is 0. The van der Waals surface area contributed by atoms with Gasteiger partial charge in [0.25, 0.3) is 5.91 Å². The fraction of sp³-hybridized carbons (Fsp3) is 0.458. The Hall–Kier alpha value is -3.00. The summed E-state index contributed by atoms with van der Waals surface area (Å²) >= 11 is 0. The van der Waals surface area contributed by atoms with E-state index in [-0.39, 0.29) is 17.8 Å². The zero-order valence-corrected chi connectivity index (χ0v) is 18.0. The van der Waals surface area contributed by atoms with Gasteiger partial charge in [-0.3, -0.25) is 4.79 Å². The van der Waals surface area contributed by atoms with Crippen LogP contribution in [-0.2, 0) is 22.4 Å². The molecule has 166 valence electrons. The van der Waals surface area contributed by atoms with E-state index in [4.69, 9.17) is 14.8 Å². The predicted molar refractivity (Wildman–Crippen MR) is 118 cm³/mol. The number of aryl methyl sites for hydroxylation is 1. The van der Waals surface area contributed by atoms with Gasteiger partial charge in [0, 0.05) is 55.7 Å². The largest absolute Gasteiger partial charge is 0.368 e. The molecule has 3 aromatic rings. The van der Waals surface area contributed by atoms with Gasteiger partial charge in [0.05, 0.1) is 5.69 Å². The van der Waals surface area contributed by atoms with Crippen LogP contribution < -0.4 is 4.90 Å². The molecule has 0 N–H and O–H groups in total. The first-order valence-corrected chi connectivity index (χ1v) is 11.5. The molecule has 8 heteroatoms. The Kier molecular flexibility index (Phi) is 4.82. The maximum atomic E-state index is 13.8. The minimum Gasteiger partial charge on any atom is -0.368 e. The molecule has 1 unspecified atom stereocenters. The molecule has 1 amide bonds. The van der Waals surface area contributed by atoms with Crippen LogP contribution in [0.2, 0.25) is 0 Å². The second-order valence-corrected chi connectivity index (χ2v) is 8.84. The van der Waals surface area contributed by atoms with Crippen molar-refractivity contribution in [2.45, 2.75) is 38.2 Å². The van der Waals surface area contributed by atoms with E-state index in [0.717, 1.165) is 67.9 Å². The number of benzene rings is 1. The molecule has 0 saturated carbocycles. The van der Waals surface area contributed by atoms with E-state index in [9.17, 15) is 9.18 Å². The van der Waals surface area contributed by atoms with Gasteiger partial charge in [-0.15, -0.1) is 0 Å². The molecule has 2 fully saturated rings. The average Bonchev–Trinajstić information content (AvgIpc) is 3.57. The van der Waals surface area contributed by atoms with E-state index in [0.29, 0.717) is 25.4 Å². The third-order valence-electron chi connectivity index (χ3n) is 6.82. The van der Waals surface area contributed by atoms with Gasteiger partial charge in [-0.05, 0) is 44.2 Å². The highest BCUT2D eigenvalue weighted by Gasteiger charge is 2.32. The minimum absolute atomic E-state index is 0.125. The van der Waals surface area contributed by atoms with Gasteiger partial charge in [0.1, 0.15) is 17.7 Å². The van der Waals surface area contributed by atoms with Crippen LogP contribution in [0.25, 0.3) is 16.9 Å². The number of halogens is 1. The van der Waals surface area contributed by atoms with Crippen molar-refractivity contribution in [2.75, 3.05) is 37.7 Å². The average molecular weight is 436 g/mol. The van der Waals surface area contributed by atoms with Crippen LogP contribution in [0.5, 0.6) is 0 Å². The van der Waals surface area contributed by atoms with Crippen molar-refractivity contribution < 1.29 is 13.9 Å². The molecule has 4 heterocycles. The molecule has 1 aromatic carbocycles. The molecule has 2 saturated heterocycles. The lowest BCUT2D eigenvalue weighted by atomic mass is 10.1. The fourth-order valence-electron chi connectivity index (χ4n) is 5.19. The van der Waals surface area contributed by atoms with Gasteiger partial charge in [-0.25, -0.2) is 9.37 Å². The predicted octanol–water partition coefficient (Wildman–Crippen LogP) is 2.85. The van der Waals surface area contributed by atoms with Crippen molar-refractivity contribution in [3.63, 3.8) is 0 Å². The molecule has 2 aromatic heterocycles. The maximum absolute atomic E-state index is 13.8. The first-order chi connectivity index (χ1) is 15.7. The Balaban J connectivity index is 1.32. The highest BCUT2D eigenvalue weighted by Crippen LogP contribution is 2.33. The van der Waals surface area contributed by atoms with Crippen molar-refractivity contribution in [3.8, 4) is 11.3 Å². The Morgan fingerprint density at radius 1 is 1.09 bits per heavy atom. The number of amides is 1. The number of hydrogen-bond acceptors (Lipinski definition) is 5. The standard InChI is InChI=1S/C24H26FN5O2/c25-17-5-1-4-16(14-17)20-15-22-26-19-7-2-6-18(19)23(30(22)27-20)28-9-11-29(12-10-28)24(31)21-8-3-13-32-21/h1,4-5,14-15,21H,2-3,6-13H2. The fourth-order valence-corrected chi connectivity index (χ4v) is 5.19. The first kappa shape index (κ1) is 19.7. The molecule has 32 heavy (non-hydrogen) atoms. The molecule has 1 aliphatic carbocycles. The van der Waals surface area contributed by atoms with Gasteiger partial charge in [-0.2, -0.15) is 9.61 Å². The molecule has 0 spiro atoms. The Morgan fingerprint density at radius 3 is 2.75 bits per heavy atom. The topological polar surface area (TPSA) is 63.0 Å². The highest BCUT2D eigenvalue weighted by atomic mass is 19.1. The lowest BCUT2D eigenvalue weighted by Crippen LogP contribution is -2.52. The van der Waals surface area contributed by atoms with Crippen molar-refractivity contribution >= 4 is 17.4 Å². The van der Waals surface area contributed by atoms with Gasteiger partial charge in [0.15, 0.2) is 5.65 Å². The Morgan fingerprint density at radius 2 is 1.97 bits per heavy atom. The third kappa shape index (κ3) is 3.33. The quantitative estimate of drug-likeness (QED) is 0.633. The summed E-state index contributed by atoms with van der Waals surface area (Å²) in [5.74, 6) is 0.927. The minimum atomic E-state index is -0.276. The van der Waals surface area contributed by atoms with Crippen LogP contribution in [0, 0.1) is 5.82 Å². The second-order valence-electron chi connectivity index (χ2n) is 8.84. The summed E-state index contributed by atoms with van der Waals surface area (Å²) in [6, 6.07) is 8.45. The Bertz CT molecular complexity index is 1180. The molecule has 3 aliphatic rings. The third-order valence-corrected chi connectivity index (χ3v) is 6.82. The van der Waals surface area contributed by atoms with E-state index in [1.54, 1.807) is 6.07 Å². The molecule has 1 atom stereocenters. The maximum Gasteiger partial charge on any atom is 0.251 e. The van der Waals surface area contributed by atoms with Crippen LogP contribution in [-0.4, -0.2) is 64.3 Å². The van der Waals surface area contributed by atoms with Crippen molar-refractivity contribution in [1.29, 1.82) is 0 Å². The van der Waals surface area contributed by atoms with E-state index < -0.39 is 0 Å². The Labute approximate surface area is 185 Å². The van der Waals surface area contributed by atoms with E-state index >= 15 is 0 Å². The number of carbonyl (C=O) groups excluding carboxylic acids is 1. The van der Waals surface area contributed by atoms with Crippen LogP contribution in [0.1, 0.15) is 30.5 Å². The van der Waals surface area contributed by atoms with Gasteiger partial charge in [0.2, 0.25) is 0 Å². The number of piperazine rings is 1. The van der Waals surface area contributed by atoms with E-state index in [1.807, 2.05) is 21.5 Å². The zero-order valence-electron chi connectivity index (χ0n) is 18.0. The summed E-state index contributed by atoms with van der Waals surface area (Å²) < 4.78 is 21.3. The van der Waals surface area contributed by atoms with E-state index in [1.165, 1.54) is 17.7 Å². The zero-order chi connectivity index (χ0) is 21.7. The number of anilines is 1. The molecule has 6 rings (SSSR count). The number of carbonyl (C=O) groups is 1. The smallest absolute Gasteiger partial charge is 0.251 e. The van der Waals surface area contributed by atoms with Crippen molar-refractivity contribution in [1.82, 2.24) is 19.5 Å². The number of ether oxygens (including phenoxy) is 1. The van der Waals surface area contributed by atoms with Gasteiger partial charge in [-0.1, -0.05) is 12.1 Å². The monoisotopic (exact) mass is 435 g/mol. The lowest BCUT2D eigenvalue weighted by molar-refractivity contribution is -0.141. The molecule has 0 radical (unpaired) electrons. The first-order valence-electron chi connectivity index (χ1n) is 11.5. The van der Waals surface area contributed by atoms with E-state index in [2.05, 4.69) is 4.90 Å². The highest BCUT2D eigenvalue weighted by molar-refractivity contribution is 5.81. The lowest BCUT2D eigenvalue weighted by Gasteiger charge is -2.37. The van der Waals surface area contributed by atoms with Crippen molar-refractivity contribution in [3.05, 3.63) is 47.4 Å². The van der Waals surface area contributed by atoms with Crippen LogP contribution in [0.15, 0.2) is 30.3 Å².